The fraction of sp³-hybridized carbons (Fsp3) is 0.278. The molecule has 2 aromatic rings. The molecule has 0 saturated carbocycles. The second-order valence-electron chi connectivity index (χ2n) is 6.06. The van der Waals surface area contributed by atoms with Crippen LogP contribution in [0.5, 0.6) is 0 Å². The van der Waals surface area contributed by atoms with Gasteiger partial charge >= 0.3 is 5.97 Å². The molecule has 1 aliphatic rings. The third kappa shape index (κ3) is 3.71. The maximum atomic E-state index is 12.9. The molecule has 7 heteroatoms. The summed E-state index contributed by atoms with van der Waals surface area (Å²) in [4.78, 5) is 11.1. The molecule has 0 unspecified atom stereocenters. The van der Waals surface area contributed by atoms with Gasteiger partial charge in [-0.2, -0.15) is 4.31 Å². The van der Waals surface area contributed by atoms with E-state index in [0.29, 0.717) is 13.1 Å². The molecule has 0 radical (unpaired) electrons. The van der Waals surface area contributed by atoms with Crippen LogP contribution in [0.1, 0.15) is 34.7 Å². The first kappa shape index (κ1) is 17.9. The molecule has 2 aromatic carbocycles. The van der Waals surface area contributed by atoms with E-state index in [1.807, 2.05) is 0 Å². The van der Waals surface area contributed by atoms with Gasteiger partial charge < -0.3 is 5.11 Å². The van der Waals surface area contributed by atoms with Crippen LogP contribution in [0.25, 0.3) is 0 Å². The summed E-state index contributed by atoms with van der Waals surface area (Å²) < 4.78 is 27.3. The zero-order valence-electron chi connectivity index (χ0n) is 13.4. The molecule has 0 amide bonds. The molecule has 1 saturated heterocycles. The largest absolute Gasteiger partial charge is 0.478 e. The summed E-state index contributed by atoms with van der Waals surface area (Å²) in [7, 11) is -3.65. The minimum Gasteiger partial charge on any atom is -0.478 e. The van der Waals surface area contributed by atoms with Crippen LogP contribution in [-0.4, -0.2) is 36.9 Å². The van der Waals surface area contributed by atoms with Crippen molar-refractivity contribution in [3.8, 4) is 0 Å². The lowest BCUT2D eigenvalue weighted by molar-refractivity contribution is 0.0697. The van der Waals surface area contributed by atoms with Gasteiger partial charge in [0, 0.05) is 13.1 Å². The molecule has 132 valence electrons. The van der Waals surface area contributed by atoms with Crippen molar-refractivity contribution < 1.29 is 18.3 Å². The lowest BCUT2D eigenvalue weighted by Gasteiger charge is -2.32. The summed E-state index contributed by atoms with van der Waals surface area (Å²) >= 11 is 6.07. The Morgan fingerprint density at radius 3 is 2.44 bits per heavy atom. The van der Waals surface area contributed by atoms with Crippen molar-refractivity contribution in [2.45, 2.75) is 23.7 Å². The van der Waals surface area contributed by atoms with Crippen LogP contribution >= 0.6 is 11.6 Å². The van der Waals surface area contributed by atoms with Gasteiger partial charge in [-0.25, -0.2) is 13.2 Å². The van der Waals surface area contributed by atoms with Crippen LogP contribution < -0.4 is 0 Å². The normalized spacial score (nSPS) is 18.8. The summed E-state index contributed by atoms with van der Waals surface area (Å²) in [6.45, 7) is 0.817. The van der Waals surface area contributed by atoms with Crippen LogP contribution in [0.4, 0.5) is 0 Å². The quantitative estimate of drug-likeness (QED) is 0.880. The monoisotopic (exact) mass is 379 g/mol. The third-order valence-corrected chi connectivity index (χ3v) is 6.83. The number of sulfonamides is 1. The minimum atomic E-state index is -3.65. The van der Waals surface area contributed by atoms with Gasteiger partial charge in [0.1, 0.15) is 4.90 Å². The first-order valence-corrected chi connectivity index (χ1v) is 9.79. The van der Waals surface area contributed by atoms with E-state index in [-0.39, 0.29) is 21.4 Å². The molecule has 5 nitrogen and oxygen atoms in total. The number of hydrogen-bond acceptors (Lipinski definition) is 3. The van der Waals surface area contributed by atoms with Gasteiger partial charge in [-0.1, -0.05) is 35.9 Å². The van der Waals surface area contributed by atoms with Crippen molar-refractivity contribution in [2.75, 3.05) is 13.1 Å². The van der Waals surface area contributed by atoms with Crippen LogP contribution in [0.3, 0.4) is 0 Å². The van der Waals surface area contributed by atoms with E-state index in [0.717, 1.165) is 18.4 Å². The van der Waals surface area contributed by atoms with E-state index in [1.165, 1.54) is 10.4 Å². The summed E-state index contributed by atoms with van der Waals surface area (Å²) in [6, 6.07) is 13.1. The number of rotatable bonds is 4. The molecule has 1 heterocycles. The molecule has 1 aliphatic heterocycles. The van der Waals surface area contributed by atoms with Gasteiger partial charge in [-0.05, 0) is 48.6 Å². The molecule has 1 atom stereocenters. The van der Waals surface area contributed by atoms with Gasteiger partial charge in [-0.3, -0.25) is 0 Å². The Balaban J connectivity index is 1.83. The molecule has 25 heavy (non-hydrogen) atoms. The molecule has 0 aromatic heterocycles. The Kier molecular flexibility index (Phi) is 5.13. The van der Waals surface area contributed by atoms with Crippen molar-refractivity contribution in [1.82, 2.24) is 4.31 Å². The van der Waals surface area contributed by atoms with Crippen molar-refractivity contribution >= 4 is 27.6 Å². The highest BCUT2D eigenvalue weighted by molar-refractivity contribution is 7.89. The van der Waals surface area contributed by atoms with E-state index in [1.54, 1.807) is 42.5 Å². The minimum absolute atomic E-state index is 0.0360. The maximum Gasteiger partial charge on any atom is 0.335 e. The number of carbonyl (C=O) groups is 1. The summed E-state index contributed by atoms with van der Waals surface area (Å²) in [5.41, 5.74) is 1.17. The van der Waals surface area contributed by atoms with E-state index < -0.39 is 16.0 Å². The number of hydrogen-bond donors (Lipinski definition) is 1. The second-order valence-corrected chi connectivity index (χ2v) is 8.37. The van der Waals surface area contributed by atoms with Crippen molar-refractivity contribution in [2.24, 2.45) is 0 Å². The van der Waals surface area contributed by atoms with Crippen molar-refractivity contribution in [1.29, 1.82) is 0 Å². The second kappa shape index (κ2) is 7.15. The molecule has 3 rings (SSSR count). The van der Waals surface area contributed by atoms with E-state index in [4.69, 9.17) is 16.7 Å². The number of aromatic carboxylic acids is 1. The highest BCUT2D eigenvalue weighted by atomic mass is 35.5. The molecular formula is C18H18ClNO4S. The first-order chi connectivity index (χ1) is 11.9. The van der Waals surface area contributed by atoms with Crippen LogP contribution in [0.2, 0.25) is 5.02 Å². The van der Waals surface area contributed by atoms with E-state index >= 15 is 0 Å². The third-order valence-electron chi connectivity index (χ3n) is 4.47. The van der Waals surface area contributed by atoms with Gasteiger partial charge in [0.25, 0.3) is 0 Å². The molecule has 1 N–H and O–H groups in total. The molecular weight excluding hydrogens is 362 g/mol. The van der Waals surface area contributed by atoms with Crippen molar-refractivity contribution in [3.05, 3.63) is 64.7 Å². The van der Waals surface area contributed by atoms with Gasteiger partial charge in [-0.15, -0.1) is 0 Å². The summed E-state index contributed by atoms with van der Waals surface area (Å²) in [6.07, 6.45) is 1.61. The summed E-state index contributed by atoms with van der Waals surface area (Å²) in [5.74, 6) is -0.938. The van der Waals surface area contributed by atoms with Gasteiger partial charge in [0.05, 0.1) is 10.6 Å². The lowest BCUT2D eigenvalue weighted by atomic mass is 9.91. The lowest BCUT2D eigenvalue weighted by Crippen LogP contribution is -2.39. The number of carboxylic acids is 1. The number of carboxylic acid groups (broad SMARTS) is 1. The van der Waals surface area contributed by atoms with Crippen LogP contribution in [0.15, 0.2) is 53.4 Å². The maximum absolute atomic E-state index is 12.9. The predicted octanol–water partition coefficient (Wildman–Crippen LogP) is 3.61. The Labute approximate surface area is 151 Å². The number of benzene rings is 2. The van der Waals surface area contributed by atoms with Crippen LogP contribution in [0, 0.1) is 0 Å². The standard InChI is InChI=1S/C18H18ClNO4S/c19-16-5-1-2-6-17(16)25(23,24)20-11-3-4-15(12-20)13-7-9-14(10-8-13)18(21)22/h1-2,5-10,15H,3-4,11-12H2,(H,21,22)/t15-/m1/s1. The highest BCUT2D eigenvalue weighted by Gasteiger charge is 2.32. The predicted molar refractivity (Wildman–Crippen MR) is 95.6 cm³/mol. The zero-order valence-corrected chi connectivity index (χ0v) is 15.0. The van der Waals surface area contributed by atoms with E-state index in [2.05, 4.69) is 0 Å². The van der Waals surface area contributed by atoms with Gasteiger partial charge in [0.2, 0.25) is 10.0 Å². The topological polar surface area (TPSA) is 74.7 Å². The molecule has 0 bridgehead atoms. The number of nitrogens with zero attached hydrogens (tertiary/aromatic N) is 1. The fourth-order valence-electron chi connectivity index (χ4n) is 3.12. The molecule has 0 aliphatic carbocycles. The number of piperidine rings is 1. The fourth-order valence-corrected chi connectivity index (χ4v) is 5.14. The summed E-state index contributed by atoms with van der Waals surface area (Å²) in [5, 5.41) is 9.20. The highest BCUT2D eigenvalue weighted by Crippen LogP contribution is 2.32. The molecule has 1 fully saturated rings. The molecule has 0 spiro atoms. The Hall–Kier alpha value is -1.89. The average molecular weight is 380 g/mol. The Morgan fingerprint density at radius 1 is 1.12 bits per heavy atom. The average Bonchev–Trinajstić information content (AvgIpc) is 2.62. The van der Waals surface area contributed by atoms with E-state index in [9.17, 15) is 13.2 Å². The number of halogens is 1. The zero-order chi connectivity index (χ0) is 18.0. The SMILES string of the molecule is O=C(O)c1ccc([C@@H]2CCCN(S(=O)(=O)c3ccccc3Cl)C2)cc1. The van der Waals surface area contributed by atoms with Gasteiger partial charge in [0.15, 0.2) is 0 Å². The Bertz CT molecular complexity index is 880. The van der Waals surface area contributed by atoms with Crippen LogP contribution in [-0.2, 0) is 10.0 Å². The smallest absolute Gasteiger partial charge is 0.335 e. The first-order valence-electron chi connectivity index (χ1n) is 7.97. The Morgan fingerprint density at radius 2 is 1.80 bits per heavy atom. The van der Waals surface area contributed by atoms with Crippen molar-refractivity contribution in [3.63, 3.8) is 0 Å².